The second-order valence-corrected chi connectivity index (χ2v) is 7.00. The molecule has 1 N–H and O–H groups in total. The molecule has 1 atom stereocenters. The van der Waals surface area contributed by atoms with E-state index in [1.165, 1.54) is 0 Å². The highest BCUT2D eigenvalue weighted by atomic mass is 35.7. The number of hydrogen-bond acceptors (Lipinski definition) is 3. The van der Waals surface area contributed by atoms with E-state index in [0.29, 0.717) is 0 Å². The fourth-order valence-electron chi connectivity index (χ4n) is 2.30. The number of phenolic OH excluding ortho intramolecular Hbond substituents is 1. The average molecular weight is 261 g/mol. The van der Waals surface area contributed by atoms with E-state index in [-0.39, 0.29) is 17.4 Å². The van der Waals surface area contributed by atoms with E-state index < -0.39 is 9.05 Å². The highest BCUT2D eigenvalue weighted by molar-refractivity contribution is 8.13. The van der Waals surface area contributed by atoms with Gasteiger partial charge in [0.25, 0.3) is 0 Å². The molecule has 0 saturated carbocycles. The first-order chi connectivity index (χ1) is 7.46. The summed E-state index contributed by atoms with van der Waals surface area (Å²) >= 11 is 0. The van der Waals surface area contributed by atoms with Crippen molar-refractivity contribution in [2.24, 2.45) is 0 Å². The predicted molar refractivity (Wildman–Crippen MR) is 63.4 cm³/mol. The first kappa shape index (κ1) is 11.7. The molecular formula is C11H13ClO3S. The molecule has 88 valence electrons. The third kappa shape index (κ3) is 2.68. The van der Waals surface area contributed by atoms with E-state index in [2.05, 4.69) is 0 Å². The Morgan fingerprint density at radius 1 is 1.44 bits per heavy atom. The maximum Gasteiger partial charge on any atom is 0.233 e. The normalized spacial score (nSPS) is 20.4. The van der Waals surface area contributed by atoms with Crippen LogP contribution in [0.2, 0.25) is 0 Å². The Morgan fingerprint density at radius 2 is 2.19 bits per heavy atom. The average Bonchev–Trinajstić information content (AvgIpc) is 2.17. The van der Waals surface area contributed by atoms with Crippen molar-refractivity contribution in [3.63, 3.8) is 0 Å². The van der Waals surface area contributed by atoms with Gasteiger partial charge in [-0.1, -0.05) is 6.07 Å². The van der Waals surface area contributed by atoms with E-state index in [0.717, 1.165) is 30.4 Å². The molecule has 1 aliphatic rings. The summed E-state index contributed by atoms with van der Waals surface area (Å²) in [4.78, 5) is 0. The summed E-state index contributed by atoms with van der Waals surface area (Å²) < 4.78 is 22.2. The second-order valence-electron chi connectivity index (χ2n) is 4.18. The van der Waals surface area contributed by atoms with Crippen LogP contribution in [0, 0.1) is 0 Å². The number of benzene rings is 1. The van der Waals surface area contributed by atoms with E-state index in [1.807, 2.05) is 6.07 Å². The summed E-state index contributed by atoms with van der Waals surface area (Å²) in [7, 11) is 1.79. The highest BCUT2D eigenvalue weighted by Gasteiger charge is 2.24. The quantitative estimate of drug-likeness (QED) is 0.831. The number of aryl methyl sites for hydroxylation is 1. The number of aromatic hydroxyl groups is 1. The molecule has 1 aromatic rings. The molecule has 0 aliphatic heterocycles. The van der Waals surface area contributed by atoms with Crippen LogP contribution in [0.1, 0.15) is 29.9 Å². The first-order valence-electron chi connectivity index (χ1n) is 5.20. The van der Waals surface area contributed by atoms with Crippen LogP contribution < -0.4 is 0 Å². The molecule has 0 radical (unpaired) electrons. The molecule has 0 heterocycles. The predicted octanol–water partition coefficient (Wildman–Crippen LogP) is 2.38. The molecule has 16 heavy (non-hydrogen) atoms. The lowest BCUT2D eigenvalue weighted by molar-refractivity contribution is 0.471. The molecule has 1 aliphatic carbocycles. The van der Waals surface area contributed by atoms with E-state index in [4.69, 9.17) is 10.7 Å². The zero-order chi connectivity index (χ0) is 11.8. The number of phenols is 1. The number of rotatable bonds is 2. The van der Waals surface area contributed by atoms with Crippen molar-refractivity contribution in [1.29, 1.82) is 0 Å². The van der Waals surface area contributed by atoms with Crippen LogP contribution in [0.4, 0.5) is 0 Å². The number of hydrogen-bond donors (Lipinski definition) is 1. The van der Waals surface area contributed by atoms with Crippen molar-refractivity contribution in [2.75, 3.05) is 5.75 Å². The Balaban J connectivity index is 2.35. The van der Waals surface area contributed by atoms with Gasteiger partial charge in [-0.3, -0.25) is 0 Å². The lowest BCUT2D eigenvalue weighted by Gasteiger charge is -2.24. The van der Waals surface area contributed by atoms with Gasteiger partial charge in [0.1, 0.15) is 5.75 Å². The topological polar surface area (TPSA) is 54.4 Å². The molecule has 1 aromatic carbocycles. The summed E-state index contributed by atoms with van der Waals surface area (Å²) in [5, 5.41) is 9.42. The lowest BCUT2D eigenvalue weighted by atomic mass is 9.84. The maximum absolute atomic E-state index is 11.1. The SMILES string of the molecule is O=S(=O)(Cl)CC1CCCc2ccc(O)cc21. The van der Waals surface area contributed by atoms with Crippen LogP contribution in [-0.2, 0) is 15.5 Å². The minimum absolute atomic E-state index is 0.0506. The highest BCUT2D eigenvalue weighted by Crippen LogP contribution is 2.35. The van der Waals surface area contributed by atoms with Crippen LogP contribution in [0.25, 0.3) is 0 Å². The van der Waals surface area contributed by atoms with Crippen LogP contribution in [0.5, 0.6) is 5.75 Å². The molecule has 2 rings (SSSR count). The van der Waals surface area contributed by atoms with E-state index in [1.54, 1.807) is 12.1 Å². The fourth-order valence-corrected chi connectivity index (χ4v) is 3.58. The van der Waals surface area contributed by atoms with Crippen LogP contribution in [0.3, 0.4) is 0 Å². The summed E-state index contributed by atoms with van der Waals surface area (Å²) in [6.45, 7) is 0. The van der Waals surface area contributed by atoms with Gasteiger partial charge in [-0.05, 0) is 48.4 Å². The Morgan fingerprint density at radius 3 is 2.88 bits per heavy atom. The van der Waals surface area contributed by atoms with Crippen molar-refractivity contribution < 1.29 is 13.5 Å². The summed E-state index contributed by atoms with van der Waals surface area (Å²) in [5.74, 6) is 0.0429. The first-order valence-corrected chi connectivity index (χ1v) is 7.68. The largest absolute Gasteiger partial charge is 0.508 e. The Hall–Kier alpha value is -0.740. The molecule has 0 spiro atoms. The van der Waals surface area contributed by atoms with Crippen molar-refractivity contribution in [3.8, 4) is 5.75 Å². The maximum atomic E-state index is 11.1. The zero-order valence-electron chi connectivity index (χ0n) is 8.69. The summed E-state index contributed by atoms with van der Waals surface area (Å²) in [6, 6.07) is 5.15. The standard InChI is InChI=1S/C11H13ClO3S/c12-16(14,15)7-9-3-1-2-8-4-5-10(13)6-11(8)9/h4-6,9,13H,1-3,7H2. The van der Waals surface area contributed by atoms with Gasteiger partial charge in [-0.25, -0.2) is 8.42 Å². The Labute approximate surface area is 99.5 Å². The summed E-state index contributed by atoms with van der Waals surface area (Å²) in [6.07, 6.45) is 2.71. The molecular weight excluding hydrogens is 248 g/mol. The van der Waals surface area contributed by atoms with Gasteiger partial charge in [0.05, 0.1) is 5.75 Å². The van der Waals surface area contributed by atoms with Crippen molar-refractivity contribution in [3.05, 3.63) is 29.3 Å². The van der Waals surface area contributed by atoms with E-state index in [9.17, 15) is 13.5 Å². The van der Waals surface area contributed by atoms with Gasteiger partial charge in [0.15, 0.2) is 0 Å². The fraction of sp³-hybridized carbons (Fsp3) is 0.455. The molecule has 0 saturated heterocycles. The van der Waals surface area contributed by atoms with Gasteiger partial charge in [-0.15, -0.1) is 0 Å². The minimum Gasteiger partial charge on any atom is -0.508 e. The van der Waals surface area contributed by atoms with Crippen LogP contribution >= 0.6 is 10.7 Å². The number of fused-ring (bicyclic) bond motifs is 1. The van der Waals surface area contributed by atoms with Crippen molar-refractivity contribution >= 4 is 19.7 Å². The Kier molecular flexibility index (Phi) is 3.13. The smallest absolute Gasteiger partial charge is 0.233 e. The van der Waals surface area contributed by atoms with Gasteiger partial charge in [0, 0.05) is 10.7 Å². The number of halogens is 1. The Bertz CT molecular complexity index is 496. The van der Waals surface area contributed by atoms with Gasteiger partial charge in [-0.2, -0.15) is 0 Å². The third-order valence-electron chi connectivity index (χ3n) is 2.97. The van der Waals surface area contributed by atoms with Gasteiger partial charge >= 0.3 is 0 Å². The molecule has 0 aromatic heterocycles. The van der Waals surface area contributed by atoms with Gasteiger partial charge < -0.3 is 5.11 Å². The lowest BCUT2D eigenvalue weighted by Crippen LogP contribution is -2.16. The summed E-state index contributed by atoms with van der Waals surface area (Å²) in [5.41, 5.74) is 2.05. The monoisotopic (exact) mass is 260 g/mol. The minimum atomic E-state index is -3.49. The molecule has 0 amide bonds. The molecule has 0 bridgehead atoms. The van der Waals surface area contributed by atoms with Crippen molar-refractivity contribution in [2.45, 2.75) is 25.2 Å². The van der Waals surface area contributed by atoms with Crippen LogP contribution in [-0.4, -0.2) is 19.3 Å². The van der Waals surface area contributed by atoms with Crippen LogP contribution in [0.15, 0.2) is 18.2 Å². The molecule has 5 heteroatoms. The molecule has 3 nitrogen and oxygen atoms in total. The molecule has 1 unspecified atom stereocenters. The van der Waals surface area contributed by atoms with Gasteiger partial charge in [0.2, 0.25) is 9.05 Å². The zero-order valence-corrected chi connectivity index (χ0v) is 10.3. The third-order valence-corrected chi connectivity index (χ3v) is 4.15. The van der Waals surface area contributed by atoms with Crippen molar-refractivity contribution in [1.82, 2.24) is 0 Å². The van der Waals surface area contributed by atoms with E-state index >= 15 is 0 Å². The molecule has 0 fully saturated rings. The second kappa shape index (κ2) is 4.26.